The predicted octanol–water partition coefficient (Wildman–Crippen LogP) is 8.55. The van der Waals surface area contributed by atoms with Crippen molar-refractivity contribution < 1.29 is 33.4 Å². The van der Waals surface area contributed by atoms with Crippen molar-refractivity contribution in [2.75, 3.05) is 12.4 Å². The van der Waals surface area contributed by atoms with Crippen LogP contribution in [0, 0.1) is 6.92 Å². The Kier molecular flexibility index (Phi) is 12.2. The first-order chi connectivity index (χ1) is 23.3. The summed E-state index contributed by atoms with van der Waals surface area (Å²) in [6.45, 7) is 2.00. The van der Waals surface area contributed by atoms with E-state index in [0.29, 0.717) is 17.2 Å². The SMILES string of the molecule is CNC(=O)c1cc(C(=O)OC2CCCCCCC2)c(C(=O)Nc2ccc(Oc3ccc(C)cc3)cc2)cc1C(=O)OC1CCCCCC1. The van der Waals surface area contributed by atoms with E-state index in [1.54, 1.807) is 24.3 Å². The van der Waals surface area contributed by atoms with Gasteiger partial charge in [-0.15, -0.1) is 0 Å². The molecule has 2 N–H and O–H groups in total. The number of carbonyl (C=O) groups is 4. The zero-order valence-electron chi connectivity index (χ0n) is 28.0. The van der Waals surface area contributed by atoms with Crippen LogP contribution in [0.25, 0.3) is 0 Å². The Morgan fingerprint density at radius 1 is 0.562 bits per heavy atom. The molecule has 9 nitrogen and oxygen atoms in total. The van der Waals surface area contributed by atoms with Gasteiger partial charge in [0.2, 0.25) is 0 Å². The standard InChI is InChI=1S/C39H46N2O7/c1-26-16-20-30(21-17-26)46-31-22-18-27(19-23-31)41-37(43)33-25-34(38(44)47-29-14-10-6-7-11-15-29)32(36(42)40-2)24-35(33)39(45)48-28-12-8-4-3-5-9-13-28/h16-25,28-29H,3-15H2,1-2H3,(H,40,42)(H,41,43). The van der Waals surface area contributed by atoms with Crippen molar-refractivity contribution in [3.63, 3.8) is 0 Å². The van der Waals surface area contributed by atoms with E-state index in [0.717, 1.165) is 89.0 Å². The van der Waals surface area contributed by atoms with Crippen LogP contribution in [-0.2, 0) is 9.47 Å². The highest BCUT2D eigenvalue weighted by Gasteiger charge is 2.30. The topological polar surface area (TPSA) is 120 Å². The molecule has 0 spiro atoms. The Labute approximate surface area is 282 Å². The number of esters is 2. The molecule has 2 aliphatic carbocycles. The second kappa shape index (κ2) is 16.9. The van der Waals surface area contributed by atoms with Crippen LogP contribution in [0.5, 0.6) is 11.5 Å². The van der Waals surface area contributed by atoms with E-state index in [4.69, 9.17) is 14.2 Å². The van der Waals surface area contributed by atoms with Gasteiger partial charge in [0.25, 0.3) is 11.8 Å². The molecule has 0 atom stereocenters. The molecule has 0 unspecified atom stereocenters. The van der Waals surface area contributed by atoms with Crippen LogP contribution < -0.4 is 15.4 Å². The minimum absolute atomic E-state index is 0.0464. The molecule has 0 bridgehead atoms. The van der Waals surface area contributed by atoms with Gasteiger partial charge in [0.15, 0.2) is 0 Å². The normalized spacial score (nSPS) is 16.0. The molecule has 2 amide bonds. The maximum atomic E-state index is 13.9. The maximum absolute atomic E-state index is 13.9. The lowest BCUT2D eigenvalue weighted by Gasteiger charge is -2.22. The fraction of sp³-hybridized carbons (Fsp3) is 0.436. The summed E-state index contributed by atoms with van der Waals surface area (Å²) in [7, 11) is 1.45. The minimum Gasteiger partial charge on any atom is -0.459 e. The number of hydrogen-bond donors (Lipinski definition) is 2. The molecule has 0 aliphatic heterocycles. The first-order valence-electron chi connectivity index (χ1n) is 17.3. The van der Waals surface area contributed by atoms with Gasteiger partial charge in [-0.05, 0) is 107 Å². The lowest BCUT2D eigenvalue weighted by atomic mass is 9.96. The first kappa shape index (κ1) is 34.7. The third kappa shape index (κ3) is 9.46. The van der Waals surface area contributed by atoms with Gasteiger partial charge in [-0.2, -0.15) is 0 Å². The molecule has 2 saturated carbocycles. The quantitative estimate of drug-likeness (QED) is 0.175. The number of ether oxygens (including phenoxy) is 3. The van der Waals surface area contributed by atoms with E-state index >= 15 is 0 Å². The summed E-state index contributed by atoms with van der Waals surface area (Å²) in [5.41, 5.74) is 1.29. The van der Waals surface area contributed by atoms with Crippen molar-refractivity contribution in [2.24, 2.45) is 0 Å². The molecule has 2 fully saturated rings. The summed E-state index contributed by atoms with van der Waals surface area (Å²) in [5.74, 6) is -1.34. The summed E-state index contributed by atoms with van der Waals surface area (Å²) in [6.07, 6.45) is 11.7. The van der Waals surface area contributed by atoms with Crippen LogP contribution >= 0.6 is 0 Å². The van der Waals surface area contributed by atoms with E-state index in [-0.39, 0.29) is 34.5 Å². The number of nitrogens with one attached hydrogen (secondary N) is 2. The fourth-order valence-electron chi connectivity index (χ4n) is 6.32. The highest BCUT2D eigenvalue weighted by Crippen LogP contribution is 2.28. The van der Waals surface area contributed by atoms with Gasteiger partial charge in [-0.1, -0.05) is 49.8 Å². The summed E-state index contributed by atoms with van der Waals surface area (Å²) >= 11 is 0. The number of rotatable bonds is 9. The molecule has 48 heavy (non-hydrogen) atoms. The molecule has 0 saturated heterocycles. The molecule has 9 heteroatoms. The predicted molar refractivity (Wildman–Crippen MR) is 184 cm³/mol. The maximum Gasteiger partial charge on any atom is 0.339 e. The molecule has 5 rings (SSSR count). The summed E-state index contributed by atoms with van der Waals surface area (Å²) in [6, 6.07) is 17.1. The molecular weight excluding hydrogens is 608 g/mol. The van der Waals surface area contributed by atoms with E-state index < -0.39 is 23.8 Å². The molecule has 0 heterocycles. The van der Waals surface area contributed by atoms with E-state index in [1.807, 2.05) is 31.2 Å². The molecule has 2 aliphatic rings. The zero-order valence-corrected chi connectivity index (χ0v) is 28.0. The number of hydrogen-bond acceptors (Lipinski definition) is 7. The Morgan fingerprint density at radius 2 is 0.979 bits per heavy atom. The lowest BCUT2D eigenvalue weighted by molar-refractivity contribution is 0.0231. The lowest BCUT2D eigenvalue weighted by Crippen LogP contribution is -2.28. The Bertz CT molecular complexity index is 1570. The number of carbonyl (C=O) groups excluding carboxylic acids is 4. The largest absolute Gasteiger partial charge is 0.459 e. The smallest absolute Gasteiger partial charge is 0.339 e. The van der Waals surface area contributed by atoms with Gasteiger partial charge in [0.1, 0.15) is 23.7 Å². The van der Waals surface area contributed by atoms with Crippen molar-refractivity contribution in [3.05, 3.63) is 88.5 Å². The summed E-state index contributed by atoms with van der Waals surface area (Å²) in [5, 5.41) is 5.39. The molecule has 3 aromatic rings. The van der Waals surface area contributed by atoms with E-state index in [9.17, 15) is 19.2 Å². The average molecular weight is 655 g/mol. The highest BCUT2D eigenvalue weighted by atomic mass is 16.5. The Balaban J connectivity index is 1.44. The Morgan fingerprint density at radius 3 is 1.44 bits per heavy atom. The second-order valence-electron chi connectivity index (χ2n) is 12.8. The van der Waals surface area contributed by atoms with Crippen LogP contribution in [0.2, 0.25) is 0 Å². The first-order valence-corrected chi connectivity index (χ1v) is 17.3. The number of anilines is 1. The van der Waals surface area contributed by atoms with Gasteiger partial charge in [-0.25, -0.2) is 9.59 Å². The number of amides is 2. The van der Waals surface area contributed by atoms with Crippen molar-refractivity contribution in [2.45, 2.75) is 103 Å². The van der Waals surface area contributed by atoms with Gasteiger partial charge in [-0.3, -0.25) is 9.59 Å². The van der Waals surface area contributed by atoms with Gasteiger partial charge >= 0.3 is 11.9 Å². The van der Waals surface area contributed by atoms with Crippen LogP contribution in [0.15, 0.2) is 60.7 Å². The van der Waals surface area contributed by atoms with Crippen molar-refractivity contribution in [1.82, 2.24) is 5.32 Å². The van der Waals surface area contributed by atoms with E-state index in [1.165, 1.54) is 19.2 Å². The summed E-state index contributed by atoms with van der Waals surface area (Å²) < 4.78 is 17.7. The third-order valence-electron chi connectivity index (χ3n) is 9.08. The molecular formula is C39H46N2O7. The monoisotopic (exact) mass is 654 g/mol. The van der Waals surface area contributed by atoms with Crippen molar-refractivity contribution in [3.8, 4) is 11.5 Å². The highest BCUT2D eigenvalue weighted by molar-refractivity contribution is 6.15. The van der Waals surface area contributed by atoms with Crippen molar-refractivity contribution in [1.29, 1.82) is 0 Å². The average Bonchev–Trinajstić information content (AvgIpc) is 3.35. The van der Waals surface area contributed by atoms with Crippen LogP contribution in [0.1, 0.15) is 130 Å². The van der Waals surface area contributed by atoms with Gasteiger partial charge in [0, 0.05) is 12.7 Å². The Hall–Kier alpha value is -4.66. The zero-order chi connectivity index (χ0) is 33.9. The van der Waals surface area contributed by atoms with Gasteiger partial charge < -0.3 is 24.8 Å². The van der Waals surface area contributed by atoms with Crippen LogP contribution in [0.3, 0.4) is 0 Å². The van der Waals surface area contributed by atoms with Crippen molar-refractivity contribution >= 4 is 29.4 Å². The number of benzene rings is 3. The molecule has 0 aromatic heterocycles. The van der Waals surface area contributed by atoms with Crippen LogP contribution in [0.4, 0.5) is 5.69 Å². The molecule has 3 aromatic carbocycles. The molecule has 0 radical (unpaired) electrons. The fourth-order valence-corrected chi connectivity index (χ4v) is 6.32. The summed E-state index contributed by atoms with van der Waals surface area (Å²) in [4.78, 5) is 54.4. The van der Waals surface area contributed by atoms with Crippen LogP contribution in [-0.4, -0.2) is 43.0 Å². The number of aryl methyl sites for hydroxylation is 1. The van der Waals surface area contributed by atoms with Gasteiger partial charge in [0.05, 0.1) is 22.3 Å². The van der Waals surface area contributed by atoms with E-state index in [2.05, 4.69) is 10.6 Å². The minimum atomic E-state index is -0.707. The molecule has 254 valence electrons. The second-order valence-corrected chi connectivity index (χ2v) is 12.8. The third-order valence-corrected chi connectivity index (χ3v) is 9.08.